The van der Waals surface area contributed by atoms with Gasteiger partial charge in [0.05, 0.1) is 5.69 Å². The Balaban J connectivity index is 2.27. The minimum absolute atomic E-state index is 0.0584. The van der Waals surface area contributed by atoms with E-state index in [-0.39, 0.29) is 12.5 Å². The Hall–Kier alpha value is -2.05. The Labute approximate surface area is 112 Å². The summed E-state index contributed by atoms with van der Waals surface area (Å²) in [5.74, 6) is -0.856. The molecule has 0 spiro atoms. The van der Waals surface area contributed by atoms with Crippen molar-refractivity contribution >= 4 is 12.0 Å². The van der Waals surface area contributed by atoms with Crippen molar-refractivity contribution in [2.24, 2.45) is 7.05 Å². The van der Waals surface area contributed by atoms with E-state index in [4.69, 9.17) is 5.11 Å². The van der Waals surface area contributed by atoms with Crippen LogP contribution < -0.4 is 10.6 Å². The number of aryl methyl sites for hydroxylation is 2. The van der Waals surface area contributed by atoms with Crippen molar-refractivity contribution in [3.8, 4) is 0 Å². The van der Waals surface area contributed by atoms with Crippen molar-refractivity contribution in [1.29, 1.82) is 0 Å². The molecule has 2 amide bonds. The molecule has 0 atom stereocenters. The third kappa shape index (κ3) is 5.41. The number of rotatable bonds is 7. The van der Waals surface area contributed by atoms with Crippen LogP contribution >= 0.6 is 0 Å². The van der Waals surface area contributed by atoms with E-state index in [2.05, 4.69) is 15.7 Å². The number of urea groups is 1. The lowest BCUT2D eigenvalue weighted by Crippen LogP contribution is -2.35. The number of aromatic nitrogens is 2. The average Bonchev–Trinajstić information content (AvgIpc) is 2.72. The number of nitrogens with one attached hydrogen (secondary N) is 2. The first-order valence-corrected chi connectivity index (χ1v) is 6.27. The highest BCUT2D eigenvalue weighted by atomic mass is 16.4. The second kappa shape index (κ2) is 7.40. The first-order valence-electron chi connectivity index (χ1n) is 6.27. The van der Waals surface area contributed by atoms with Gasteiger partial charge < -0.3 is 15.7 Å². The third-order valence-electron chi connectivity index (χ3n) is 2.62. The first kappa shape index (κ1) is 15.0. The van der Waals surface area contributed by atoms with Crippen molar-refractivity contribution in [3.05, 3.63) is 17.5 Å². The van der Waals surface area contributed by atoms with Crippen LogP contribution in [-0.4, -0.2) is 33.4 Å². The van der Waals surface area contributed by atoms with Crippen LogP contribution in [0.15, 0.2) is 6.20 Å². The minimum Gasteiger partial charge on any atom is -0.481 e. The molecule has 0 aliphatic rings. The second-order valence-electron chi connectivity index (χ2n) is 4.24. The number of hydrogen-bond acceptors (Lipinski definition) is 3. The molecule has 106 valence electrons. The predicted octanol–water partition coefficient (Wildman–Crippen LogP) is 0.646. The van der Waals surface area contributed by atoms with Gasteiger partial charge in [0.25, 0.3) is 0 Å². The Morgan fingerprint density at radius 1 is 1.42 bits per heavy atom. The zero-order valence-electron chi connectivity index (χ0n) is 11.3. The molecule has 0 aliphatic heterocycles. The molecule has 1 heterocycles. The largest absolute Gasteiger partial charge is 0.481 e. The number of carbonyl (C=O) groups excluding carboxylic acids is 1. The quantitative estimate of drug-likeness (QED) is 0.632. The lowest BCUT2D eigenvalue weighted by molar-refractivity contribution is -0.137. The van der Waals surface area contributed by atoms with Crippen LogP contribution in [0.2, 0.25) is 0 Å². The standard InChI is InChI=1S/C12H20N4O3/c1-3-10-9(8-16(2)15-10)7-14-12(19)13-6-4-5-11(17)18/h8H,3-7H2,1-2H3,(H,17,18)(H2,13,14,19). The summed E-state index contributed by atoms with van der Waals surface area (Å²) in [6, 6.07) is -0.295. The fraction of sp³-hybridized carbons (Fsp3) is 0.583. The highest BCUT2D eigenvalue weighted by Gasteiger charge is 2.07. The summed E-state index contributed by atoms with van der Waals surface area (Å²) in [6.07, 6.45) is 3.18. The van der Waals surface area contributed by atoms with Gasteiger partial charge in [-0.1, -0.05) is 6.92 Å². The molecule has 19 heavy (non-hydrogen) atoms. The van der Waals surface area contributed by atoms with E-state index in [0.717, 1.165) is 17.7 Å². The number of amides is 2. The van der Waals surface area contributed by atoms with Crippen molar-refractivity contribution in [3.63, 3.8) is 0 Å². The zero-order valence-corrected chi connectivity index (χ0v) is 11.3. The fourth-order valence-corrected chi connectivity index (χ4v) is 1.71. The molecule has 0 saturated carbocycles. The number of nitrogens with zero attached hydrogens (tertiary/aromatic N) is 2. The molecule has 1 aromatic heterocycles. The summed E-state index contributed by atoms with van der Waals surface area (Å²) in [7, 11) is 1.84. The summed E-state index contributed by atoms with van der Waals surface area (Å²) in [4.78, 5) is 21.8. The molecule has 7 nitrogen and oxygen atoms in total. The van der Waals surface area contributed by atoms with E-state index >= 15 is 0 Å². The summed E-state index contributed by atoms with van der Waals surface area (Å²) in [5.41, 5.74) is 1.96. The van der Waals surface area contributed by atoms with Crippen molar-refractivity contribution in [2.75, 3.05) is 6.54 Å². The van der Waals surface area contributed by atoms with E-state index in [1.54, 1.807) is 4.68 Å². The maximum absolute atomic E-state index is 11.5. The third-order valence-corrected chi connectivity index (χ3v) is 2.62. The molecule has 0 fully saturated rings. The topological polar surface area (TPSA) is 96.3 Å². The van der Waals surface area contributed by atoms with Crippen LogP contribution in [-0.2, 0) is 24.8 Å². The number of aliphatic carboxylic acids is 1. The van der Waals surface area contributed by atoms with Crippen LogP contribution in [0.1, 0.15) is 31.0 Å². The van der Waals surface area contributed by atoms with Crippen molar-refractivity contribution < 1.29 is 14.7 Å². The maximum atomic E-state index is 11.5. The smallest absolute Gasteiger partial charge is 0.315 e. The molecule has 7 heteroatoms. The molecule has 0 saturated heterocycles. The Morgan fingerprint density at radius 2 is 2.16 bits per heavy atom. The van der Waals surface area contributed by atoms with Gasteiger partial charge in [0.1, 0.15) is 0 Å². The van der Waals surface area contributed by atoms with Gasteiger partial charge in [-0.25, -0.2) is 4.79 Å². The molecule has 0 unspecified atom stereocenters. The zero-order chi connectivity index (χ0) is 14.3. The molecule has 1 rings (SSSR count). The van der Waals surface area contributed by atoms with Crippen molar-refractivity contribution in [1.82, 2.24) is 20.4 Å². The van der Waals surface area contributed by atoms with Crippen LogP contribution in [0.3, 0.4) is 0 Å². The van der Waals surface area contributed by atoms with Gasteiger partial charge in [0, 0.05) is 38.3 Å². The monoisotopic (exact) mass is 268 g/mol. The SMILES string of the molecule is CCc1nn(C)cc1CNC(=O)NCCCC(=O)O. The average molecular weight is 268 g/mol. The van der Waals surface area contributed by atoms with Crippen LogP contribution in [0.4, 0.5) is 4.79 Å². The molecule has 0 aromatic carbocycles. The van der Waals surface area contributed by atoms with E-state index in [0.29, 0.717) is 19.5 Å². The maximum Gasteiger partial charge on any atom is 0.315 e. The minimum atomic E-state index is -0.856. The van der Waals surface area contributed by atoms with E-state index in [1.807, 2.05) is 20.2 Å². The molecule has 0 bridgehead atoms. The Bertz CT molecular complexity index is 442. The van der Waals surface area contributed by atoms with E-state index in [1.165, 1.54) is 0 Å². The van der Waals surface area contributed by atoms with Gasteiger partial charge in [-0.15, -0.1) is 0 Å². The highest BCUT2D eigenvalue weighted by molar-refractivity contribution is 5.73. The predicted molar refractivity (Wildman–Crippen MR) is 69.7 cm³/mol. The van der Waals surface area contributed by atoms with Gasteiger partial charge in [0.2, 0.25) is 0 Å². The number of carboxylic acids is 1. The molecule has 0 aliphatic carbocycles. The molecular formula is C12H20N4O3. The normalized spacial score (nSPS) is 10.2. The van der Waals surface area contributed by atoms with Gasteiger partial charge >= 0.3 is 12.0 Å². The van der Waals surface area contributed by atoms with E-state index in [9.17, 15) is 9.59 Å². The number of carbonyl (C=O) groups is 2. The molecular weight excluding hydrogens is 248 g/mol. The van der Waals surface area contributed by atoms with Crippen LogP contribution in [0.5, 0.6) is 0 Å². The lowest BCUT2D eigenvalue weighted by atomic mass is 10.2. The molecule has 0 radical (unpaired) electrons. The van der Waals surface area contributed by atoms with Crippen molar-refractivity contribution in [2.45, 2.75) is 32.7 Å². The Morgan fingerprint density at radius 3 is 2.79 bits per heavy atom. The number of hydrogen-bond donors (Lipinski definition) is 3. The second-order valence-corrected chi connectivity index (χ2v) is 4.24. The Kier molecular flexibility index (Phi) is 5.84. The summed E-state index contributed by atoms with van der Waals surface area (Å²) < 4.78 is 1.72. The summed E-state index contributed by atoms with van der Waals surface area (Å²) in [5, 5.41) is 18.1. The number of carboxylic acid groups (broad SMARTS) is 1. The summed E-state index contributed by atoms with van der Waals surface area (Å²) in [6.45, 7) is 2.78. The summed E-state index contributed by atoms with van der Waals surface area (Å²) >= 11 is 0. The fourth-order valence-electron chi connectivity index (χ4n) is 1.71. The van der Waals surface area contributed by atoms with Gasteiger partial charge in [-0.3, -0.25) is 9.48 Å². The lowest BCUT2D eigenvalue weighted by Gasteiger charge is -2.06. The van der Waals surface area contributed by atoms with Gasteiger partial charge in [-0.2, -0.15) is 5.10 Å². The van der Waals surface area contributed by atoms with Gasteiger partial charge in [-0.05, 0) is 12.8 Å². The molecule has 1 aromatic rings. The van der Waals surface area contributed by atoms with Crippen LogP contribution in [0, 0.1) is 0 Å². The van der Waals surface area contributed by atoms with E-state index < -0.39 is 5.97 Å². The van der Waals surface area contributed by atoms with Crippen LogP contribution in [0.25, 0.3) is 0 Å². The highest BCUT2D eigenvalue weighted by Crippen LogP contribution is 2.06. The first-order chi connectivity index (χ1) is 9.02. The van der Waals surface area contributed by atoms with Gasteiger partial charge in [0.15, 0.2) is 0 Å². The molecule has 3 N–H and O–H groups in total.